The SMILES string of the molecule is CN=C(NCCC(=O)NC)N1CCN(c2cnn(C)c2)C(=O)C1. The van der Waals surface area contributed by atoms with E-state index in [1.165, 1.54) is 0 Å². The van der Waals surface area contributed by atoms with Crippen molar-refractivity contribution in [2.45, 2.75) is 6.42 Å². The fourth-order valence-electron chi connectivity index (χ4n) is 2.42. The number of piperazine rings is 1. The summed E-state index contributed by atoms with van der Waals surface area (Å²) in [5.41, 5.74) is 0.805. The second kappa shape index (κ2) is 7.61. The van der Waals surface area contributed by atoms with Crippen LogP contribution in [-0.4, -0.2) is 72.7 Å². The summed E-state index contributed by atoms with van der Waals surface area (Å²) in [6.07, 6.45) is 3.87. The molecule has 2 heterocycles. The van der Waals surface area contributed by atoms with Crippen molar-refractivity contribution in [2.24, 2.45) is 12.0 Å². The van der Waals surface area contributed by atoms with Crippen molar-refractivity contribution in [3.05, 3.63) is 12.4 Å². The topological polar surface area (TPSA) is 94.9 Å². The van der Waals surface area contributed by atoms with Gasteiger partial charge in [0.15, 0.2) is 5.96 Å². The van der Waals surface area contributed by atoms with Gasteiger partial charge in [0.25, 0.3) is 0 Å². The molecule has 1 fully saturated rings. The maximum atomic E-state index is 12.4. The first-order valence-electron chi connectivity index (χ1n) is 7.50. The molecule has 0 unspecified atom stereocenters. The number of nitrogens with one attached hydrogen (secondary N) is 2. The molecule has 0 atom stereocenters. The van der Waals surface area contributed by atoms with Crippen molar-refractivity contribution in [2.75, 3.05) is 45.2 Å². The second-order valence-corrected chi connectivity index (χ2v) is 5.24. The summed E-state index contributed by atoms with van der Waals surface area (Å²) < 4.78 is 1.67. The molecule has 2 amide bonds. The van der Waals surface area contributed by atoms with E-state index < -0.39 is 0 Å². The van der Waals surface area contributed by atoms with Crippen LogP contribution in [0.2, 0.25) is 0 Å². The normalized spacial score (nSPS) is 15.8. The van der Waals surface area contributed by atoms with Crippen LogP contribution in [0.4, 0.5) is 5.69 Å². The van der Waals surface area contributed by atoms with Gasteiger partial charge in [-0.15, -0.1) is 0 Å². The Bertz CT molecular complexity index is 596. The van der Waals surface area contributed by atoms with Gasteiger partial charge < -0.3 is 20.4 Å². The average Bonchev–Trinajstić information content (AvgIpc) is 2.97. The third-order valence-electron chi connectivity index (χ3n) is 3.65. The summed E-state index contributed by atoms with van der Waals surface area (Å²) in [4.78, 5) is 31.4. The molecule has 0 spiro atoms. The van der Waals surface area contributed by atoms with E-state index in [2.05, 4.69) is 20.7 Å². The standard InChI is InChI=1S/C14H23N7O2/c1-15-12(22)4-5-17-14(16-2)20-6-7-21(13(23)10-20)11-8-18-19(3)9-11/h8-9H,4-7,10H2,1-3H3,(H,15,22)(H,16,17). The van der Waals surface area contributed by atoms with Crippen LogP contribution in [0.25, 0.3) is 0 Å². The number of aliphatic imine (C=N–C) groups is 1. The van der Waals surface area contributed by atoms with Crippen molar-refractivity contribution in [1.29, 1.82) is 0 Å². The number of hydrogen-bond donors (Lipinski definition) is 2. The Balaban J connectivity index is 1.90. The number of hydrogen-bond acceptors (Lipinski definition) is 4. The Morgan fingerprint density at radius 2 is 2.22 bits per heavy atom. The van der Waals surface area contributed by atoms with Gasteiger partial charge >= 0.3 is 0 Å². The van der Waals surface area contributed by atoms with E-state index in [1.807, 2.05) is 18.1 Å². The van der Waals surface area contributed by atoms with Gasteiger partial charge in [-0.2, -0.15) is 5.10 Å². The van der Waals surface area contributed by atoms with E-state index in [1.54, 1.807) is 29.9 Å². The largest absolute Gasteiger partial charge is 0.359 e. The van der Waals surface area contributed by atoms with Gasteiger partial charge in [0, 0.05) is 53.4 Å². The molecule has 0 radical (unpaired) electrons. The van der Waals surface area contributed by atoms with Gasteiger partial charge in [-0.3, -0.25) is 19.3 Å². The summed E-state index contributed by atoms with van der Waals surface area (Å²) in [5.74, 6) is 0.594. The van der Waals surface area contributed by atoms with Crippen LogP contribution >= 0.6 is 0 Å². The van der Waals surface area contributed by atoms with E-state index in [-0.39, 0.29) is 18.4 Å². The van der Waals surface area contributed by atoms with Crippen molar-refractivity contribution in [3.8, 4) is 0 Å². The minimum atomic E-state index is -0.0366. The summed E-state index contributed by atoms with van der Waals surface area (Å²) in [6.45, 7) is 1.96. The van der Waals surface area contributed by atoms with Crippen LogP contribution in [0.5, 0.6) is 0 Å². The van der Waals surface area contributed by atoms with E-state index in [0.29, 0.717) is 32.0 Å². The molecular formula is C14H23N7O2. The molecule has 0 aromatic carbocycles. The predicted octanol–water partition coefficient (Wildman–Crippen LogP) is -1.22. The highest BCUT2D eigenvalue weighted by atomic mass is 16.2. The molecule has 0 saturated carbocycles. The summed E-state index contributed by atoms with van der Waals surface area (Å²) in [7, 11) is 5.09. The van der Waals surface area contributed by atoms with Crippen LogP contribution in [0.3, 0.4) is 0 Å². The molecule has 0 bridgehead atoms. The van der Waals surface area contributed by atoms with Crippen LogP contribution in [0.1, 0.15) is 6.42 Å². The van der Waals surface area contributed by atoms with E-state index in [0.717, 1.165) is 5.69 Å². The summed E-state index contributed by atoms with van der Waals surface area (Å²) in [5, 5.41) is 9.78. The molecule has 1 aromatic rings. The Hall–Kier alpha value is -2.58. The number of amides is 2. The molecule has 1 aliphatic heterocycles. The van der Waals surface area contributed by atoms with Crippen molar-refractivity contribution < 1.29 is 9.59 Å². The molecule has 2 N–H and O–H groups in total. The Labute approximate surface area is 135 Å². The van der Waals surface area contributed by atoms with Gasteiger partial charge in [0.05, 0.1) is 11.9 Å². The van der Waals surface area contributed by atoms with Gasteiger partial charge in [0.1, 0.15) is 6.54 Å². The third kappa shape index (κ3) is 4.21. The molecule has 9 nitrogen and oxygen atoms in total. The van der Waals surface area contributed by atoms with Crippen LogP contribution in [0, 0.1) is 0 Å². The molecule has 1 aliphatic rings. The minimum Gasteiger partial charge on any atom is -0.359 e. The predicted molar refractivity (Wildman–Crippen MR) is 87.2 cm³/mol. The average molecular weight is 321 g/mol. The van der Waals surface area contributed by atoms with Gasteiger partial charge in [-0.05, 0) is 0 Å². The highest BCUT2D eigenvalue weighted by Gasteiger charge is 2.27. The van der Waals surface area contributed by atoms with Gasteiger partial charge in [-0.1, -0.05) is 0 Å². The number of carbonyl (C=O) groups is 2. The number of carbonyl (C=O) groups excluding carboxylic acids is 2. The molecule has 1 saturated heterocycles. The number of rotatable bonds is 4. The molecular weight excluding hydrogens is 298 g/mol. The molecule has 126 valence electrons. The first kappa shape index (κ1) is 16.8. The first-order chi connectivity index (χ1) is 11.0. The van der Waals surface area contributed by atoms with Gasteiger partial charge in [0.2, 0.25) is 11.8 Å². The van der Waals surface area contributed by atoms with Gasteiger partial charge in [-0.25, -0.2) is 0 Å². The maximum Gasteiger partial charge on any atom is 0.246 e. The quantitative estimate of drug-likeness (QED) is 0.535. The van der Waals surface area contributed by atoms with Crippen molar-refractivity contribution >= 4 is 23.5 Å². The molecule has 23 heavy (non-hydrogen) atoms. The van der Waals surface area contributed by atoms with Crippen LogP contribution in [-0.2, 0) is 16.6 Å². The summed E-state index contributed by atoms with van der Waals surface area (Å²) >= 11 is 0. The number of guanidine groups is 1. The molecule has 9 heteroatoms. The fraction of sp³-hybridized carbons (Fsp3) is 0.571. The minimum absolute atomic E-state index is 0.00139. The lowest BCUT2D eigenvalue weighted by Gasteiger charge is -2.35. The van der Waals surface area contributed by atoms with E-state index in [9.17, 15) is 9.59 Å². The monoisotopic (exact) mass is 321 g/mol. The number of aromatic nitrogens is 2. The highest BCUT2D eigenvalue weighted by Crippen LogP contribution is 2.15. The Morgan fingerprint density at radius 1 is 1.43 bits per heavy atom. The van der Waals surface area contributed by atoms with Crippen LogP contribution < -0.4 is 15.5 Å². The van der Waals surface area contributed by atoms with Crippen molar-refractivity contribution in [3.63, 3.8) is 0 Å². The zero-order chi connectivity index (χ0) is 16.8. The second-order valence-electron chi connectivity index (χ2n) is 5.24. The van der Waals surface area contributed by atoms with Crippen molar-refractivity contribution in [1.82, 2.24) is 25.3 Å². The summed E-state index contributed by atoms with van der Waals surface area (Å²) in [6, 6.07) is 0. The number of aryl methyl sites for hydroxylation is 1. The lowest BCUT2D eigenvalue weighted by Crippen LogP contribution is -2.55. The zero-order valence-corrected chi connectivity index (χ0v) is 13.7. The Kier molecular flexibility index (Phi) is 5.56. The van der Waals surface area contributed by atoms with E-state index in [4.69, 9.17) is 0 Å². The third-order valence-corrected chi connectivity index (χ3v) is 3.65. The maximum absolute atomic E-state index is 12.4. The first-order valence-corrected chi connectivity index (χ1v) is 7.50. The highest BCUT2D eigenvalue weighted by molar-refractivity contribution is 5.98. The Morgan fingerprint density at radius 3 is 2.78 bits per heavy atom. The lowest BCUT2D eigenvalue weighted by atomic mass is 10.3. The number of anilines is 1. The zero-order valence-electron chi connectivity index (χ0n) is 13.7. The smallest absolute Gasteiger partial charge is 0.246 e. The number of nitrogens with zero attached hydrogens (tertiary/aromatic N) is 5. The molecule has 0 aliphatic carbocycles. The van der Waals surface area contributed by atoms with E-state index >= 15 is 0 Å². The lowest BCUT2D eigenvalue weighted by molar-refractivity contribution is -0.121. The molecule has 2 rings (SSSR count). The van der Waals surface area contributed by atoms with Crippen LogP contribution in [0.15, 0.2) is 17.4 Å². The fourth-order valence-corrected chi connectivity index (χ4v) is 2.42. The molecule has 1 aromatic heterocycles.